The van der Waals surface area contributed by atoms with Gasteiger partial charge in [-0.1, -0.05) is 6.92 Å². The largest absolute Gasteiger partial charge is 0.458 e. The number of esters is 1. The van der Waals surface area contributed by atoms with Crippen molar-refractivity contribution in [2.45, 2.75) is 70.1 Å². The number of nitriles is 1. The smallest absolute Gasteiger partial charge is 0.336 e. The van der Waals surface area contributed by atoms with Crippen LogP contribution >= 0.6 is 0 Å². The third kappa shape index (κ3) is 2.33. The number of carbonyl (C=O) groups excluding carboxylic acids is 2. The molecule has 0 unspecified atom stereocenters. The van der Waals surface area contributed by atoms with Crippen molar-refractivity contribution in [3.05, 3.63) is 11.6 Å². The van der Waals surface area contributed by atoms with Gasteiger partial charge in [0.2, 0.25) is 5.91 Å². The second-order valence-corrected chi connectivity index (χ2v) is 8.92. The monoisotopic (exact) mass is 358 g/mol. The fraction of sp³-hybridized carbons (Fsp3) is 0.750. The molecule has 4 rings (SSSR count). The number of hydrogen-bond donors (Lipinski definition) is 1. The van der Waals surface area contributed by atoms with E-state index in [0.717, 1.165) is 25.7 Å². The molecular weight excluding hydrogens is 332 g/mol. The number of amides is 1. The van der Waals surface area contributed by atoms with E-state index in [2.05, 4.69) is 25.2 Å². The van der Waals surface area contributed by atoms with Crippen LogP contribution in [-0.4, -0.2) is 35.7 Å². The number of carbonyl (C=O) groups is 2. The van der Waals surface area contributed by atoms with Crippen molar-refractivity contribution in [1.29, 1.82) is 5.26 Å². The number of nitrogens with zero attached hydrogens (tertiary/aromatic N) is 1. The Morgan fingerprint density at radius 1 is 1.23 bits per heavy atom. The first-order chi connectivity index (χ1) is 12.2. The van der Waals surface area contributed by atoms with Crippen LogP contribution in [0.2, 0.25) is 0 Å². The first kappa shape index (κ1) is 17.5. The maximum absolute atomic E-state index is 12.3. The van der Waals surface area contributed by atoms with Gasteiger partial charge in [-0.15, -0.1) is 0 Å². The minimum absolute atomic E-state index is 0.0519. The van der Waals surface area contributed by atoms with Crippen LogP contribution in [0.1, 0.15) is 52.9 Å². The van der Waals surface area contributed by atoms with Crippen molar-refractivity contribution in [3.63, 3.8) is 0 Å². The Morgan fingerprint density at radius 3 is 2.65 bits per heavy atom. The van der Waals surface area contributed by atoms with Gasteiger partial charge in [0.05, 0.1) is 23.3 Å². The molecule has 26 heavy (non-hydrogen) atoms. The quantitative estimate of drug-likeness (QED) is 0.726. The van der Waals surface area contributed by atoms with E-state index in [1.807, 2.05) is 13.0 Å². The van der Waals surface area contributed by atoms with Crippen LogP contribution in [0.3, 0.4) is 0 Å². The molecule has 6 heteroatoms. The van der Waals surface area contributed by atoms with Gasteiger partial charge in [0.15, 0.2) is 0 Å². The van der Waals surface area contributed by atoms with E-state index in [0.29, 0.717) is 18.6 Å². The zero-order chi connectivity index (χ0) is 18.7. The van der Waals surface area contributed by atoms with Crippen molar-refractivity contribution < 1.29 is 19.1 Å². The Morgan fingerprint density at radius 2 is 2.00 bits per heavy atom. The molecule has 0 radical (unpaired) electrons. The van der Waals surface area contributed by atoms with Crippen LogP contribution in [0.15, 0.2) is 11.6 Å². The molecule has 0 spiro atoms. The molecule has 0 aromatic heterocycles. The minimum Gasteiger partial charge on any atom is -0.458 e. The fourth-order valence-electron chi connectivity index (χ4n) is 6.17. The van der Waals surface area contributed by atoms with E-state index < -0.39 is 5.54 Å². The highest BCUT2D eigenvalue weighted by Gasteiger charge is 2.63. The van der Waals surface area contributed by atoms with Crippen LogP contribution in [0.25, 0.3) is 0 Å². The summed E-state index contributed by atoms with van der Waals surface area (Å²) in [5.41, 5.74) is -0.780. The van der Waals surface area contributed by atoms with Crippen LogP contribution < -0.4 is 5.32 Å². The maximum atomic E-state index is 12.3. The van der Waals surface area contributed by atoms with Gasteiger partial charge in [0.1, 0.15) is 12.1 Å². The molecule has 1 saturated carbocycles. The molecule has 0 bridgehead atoms. The van der Waals surface area contributed by atoms with Gasteiger partial charge in [-0.05, 0) is 56.9 Å². The summed E-state index contributed by atoms with van der Waals surface area (Å²) in [4.78, 5) is 24.3. The van der Waals surface area contributed by atoms with E-state index in [4.69, 9.17) is 9.47 Å². The molecule has 4 aliphatic rings. The summed E-state index contributed by atoms with van der Waals surface area (Å²) in [7, 11) is 0. The first-order valence-corrected chi connectivity index (χ1v) is 9.49. The third-order valence-electron chi connectivity index (χ3n) is 7.44. The van der Waals surface area contributed by atoms with Gasteiger partial charge in [-0.2, -0.15) is 5.26 Å². The lowest BCUT2D eigenvalue weighted by Gasteiger charge is -2.55. The van der Waals surface area contributed by atoms with E-state index in [9.17, 15) is 14.9 Å². The molecule has 0 aromatic carbocycles. The van der Waals surface area contributed by atoms with Gasteiger partial charge in [0.25, 0.3) is 0 Å². The van der Waals surface area contributed by atoms with Crippen LogP contribution in [0.5, 0.6) is 0 Å². The molecule has 0 aromatic rings. The zero-order valence-electron chi connectivity index (χ0n) is 15.6. The number of ether oxygens (including phenoxy) is 2. The number of nitrogens with one attached hydrogen (secondary N) is 1. The molecule has 1 N–H and O–H groups in total. The van der Waals surface area contributed by atoms with E-state index in [1.165, 1.54) is 0 Å². The van der Waals surface area contributed by atoms with Crippen molar-refractivity contribution in [3.8, 4) is 6.07 Å². The topological polar surface area (TPSA) is 88.4 Å². The molecule has 6 atom stereocenters. The summed E-state index contributed by atoms with van der Waals surface area (Å²) in [5, 5.41) is 12.8. The molecule has 1 aliphatic carbocycles. The molecule has 140 valence electrons. The number of cyclic esters (lactones) is 1. The summed E-state index contributed by atoms with van der Waals surface area (Å²) in [6.07, 6.45) is 5.11. The highest BCUT2D eigenvalue weighted by molar-refractivity contribution is 5.91. The average molecular weight is 358 g/mol. The fourth-order valence-corrected chi connectivity index (χ4v) is 6.17. The Hall–Kier alpha value is -1.87. The van der Waals surface area contributed by atoms with E-state index in [-0.39, 0.29) is 40.8 Å². The Kier molecular flexibility index (Phi) is 3.75. The summed E-state index contributed by atoms with van der Waals surface area (Å²) in [6, 6.07) is 2.38. The third-order valence-corrected chi connectivity index (χ3v) is 7.44. The van der Waals surface area contributed by atoms with Gasteiger partial charge in [0, 0.05) is 12.3 Å². The van der Waals surface area contributed by atoms with Gasteiger partial charge < -0.3 is 14.8 Å². The van der Waals surface area contributed by atoms with Crippen LogP contribution in [0, 0.1) is 28.6 Å². The van der Waals surface area contributed by atoms with Gasteiger partial charge in [-0.25, -0.2) is 4.79 Å². The van der Waals surface area contributed by atoms with E-state index in [1.54, 1.807) is 0 Å². The standard InChI is InChI=1S/C20H26N2O4/c1-18-7-5-16(23)22-19(2,11-21)14(18)4-8-20(3)15(18)10-13(26-20)12-6-9-25-17(12)24/h6,13-15H,4-5,7-10H2,1-3H3,(H,22,23)/t13-,14-,15-,18+,19-,20+/m0/s1. The summed E-state index contributed by atoms with van der Waals surface area (Å²) >= 11 is 0. The second-order valence-electron chi connectivity index (χ2n) is 8.92. The molecule has 2 saturated heterocycles. The van der Waals surface area contributed by atoms with Gasteiger partial charge >= 0.3 is 5.97 Å². The molecule has 3 fully saturated rings. The average Bonchev–Trinajstić information content (AvgIpc) is 3.14. The lowest BCUT2D eigenvalue weighted by Crippen LogP contribution is -2.59. The zero-order valence-corrected chi connectivity index (χ0v) is 15.6. The normalized spacial score (nSPS) is 47.8. The summed E-state index contributed by atoms with van der Waals surface area (Å²) in [6.45, 7) is 6.51. The van der Waals surface area contributed by atoms with Crippen LogP contribution in [-0.2, 0) is 19.1 Å². The highest BCUT2D eigenvalue weighted by atomic mass is 16.5. The molecule has 6 nitrogen and oxygen atoms in total. The first-order valence-electron chi connectivity index (χ1n) is 9.49. The maximum Gasteiger partial charge on any atom is 0.336 e. The second kappa shape index (κ2) is 5.56. The van der Waals surface area contributed by atoms with Crippen LogP contribution in [0.4, 0.5) is 0 Å². The molecule has 3 aliphatic heterocycles. The lowest BCUT2D eigenvalue weighted by atomic mass is 9.51. The predicted octanol–water partition coefficient (Wildman–Crippen LogP) is 2.24. The summed E-state index contributed by atoms with van der Waals surface area (Å²) in [5.74, 6) is -0.0766. The van der Waals surface area contributed by atoms with Crippen molar-refractivity contribution in [1.82, 2.24) is 5.32 Å². The van der Waals surface area contributed by atoms with Crippen molar-refractivity contribution >= 4 is 11.9 Å². The number of hydrogen-bond acceptors (Lipinski definition) is 5. The van der Waals surface area contributed by atoms with Gasteiger partial charge in [-0.3, -0.25) is 4.79 Å². The predicted molar refractivity (Wildman–Crippen MR) is 92.7 cm³/mol. The SMILES string of the molecule is C[C@@]12CCC(=O)N[C@@](C)(C#N)[C@H]1CC[C@@]1(C)O[C@H](C3=CCOC3=O)C[C@@H]21. The Bertz CT molecular complexity index is 741. The lowest BCUT2D eigenvalue weighted by molar-refractivity contribution is -0.139. The summed E-state index contributed by atoms with van der Waals surface area (Å²) < 4.78 is 11.5. The Labute approximate surface area is 153 Å². The highest BCUT2D eigenvalue weighted by Crippen LogP contribution is 2.62. The van der Waals surface area contributed by atoms with E-state index >= 15 is 0 Å². The molecule has 1 amide bonds. The number of fused-ring (bicyclic) bond motifs is 3. The minimum atomic E-state index is -0.868. The molecular formula is C20H26N2O4. The Balaban J connectivity index is 1.71. The van der Waals surface area contributed by atoms with Crippen molar-refractivity contribution in [2.24, 2.45) is 17.3 Å². The number of rotatable bonds is 1. The van der Waals surface area contributed by atoms with Crippen molar-refractivity contribution in [2.75, 3.05) is 6.61 Å². The molecule has 3 heterocycles.